The normalized spacial score (nSPS) is 40.8. The molecule has 1 aromatic heterocycles. The molecule has 0 radical (unpaired) electrons. The zero-order valence-corrected chi connectivity index (χ0v) is 15.5. The van der Waals surface area contributed by atoms with Gasteiger partial charge in [0.1, 0.15) is 13.2 Å². The van der Waals surface area contributed by atoms with E-state index in [1.807, 2.05) is 16.5 Å². The van der Waals surface area contributed by atoms with E-state index in [1.165, 1.54) is 5.56 Å². The van der Waals surface area contributed by atoms with Crippen LogP contribution < -0.4 is 4.57 Å². The highest BCUT2D eigenvalue weighted by atomic mass is 16.6. The fraction of sp³-hybridized carbons (Fsp3) is 0.714. The van der Waals surface area contributed by atoms with E-state index < -0.39 is 5.60 Å². The third-order valence-electron chi connectivity index (χ3n) is 7.31. The summed E-state index contributed by atoms with van der Waals surface area (Å²) in [7, 11) is 2.02. The molecule has 5 aliphatic rings. The lowest BCUT2D eigenvalue weighted by atomic mass is 9.53. The highest BCUT2D eigenvalue weighted by molar-refractivity contribution is 5.68. The second-order valence-electron chi connectivity index (χ2n) is 9.27. The van der Waals surface area contributed by atoms with Crippen LogP contribution in [-0.4, -0.2) is 40.9 Å². The molecule has 0 aromatic carbocycles. The highest BCUT2D eigenvalue weighted by Crippen LogP contribution is 2.56. The molecule has 1 aliphatic heterocycles. The van der Waals surface area contributed by atoms with Gasteiger partial charge in [-0.1, -0.05) is 0 Å². The standard InChI is InChI=1S/C21H29N2O3/c1-22-5-2-15(3-6-22)16-4-7-23(13-16)20(24)26-19-17-8-14-9-18(19)12-21(25,10-14)11-17/h2-3,5-6,14,16-19,25H,4,7-13H2,1H3/q+1. The molecular weight excluding hydrogens is 328 g/mol. The molecule has 1 N–H and O–H groups in total. The summed E-state index contributed by atoms with van der Waals surface area (Å²) < 4.78 is 8.06. The number of likely N-dealkylation sites (tertiary alicyclic amines) is 1. The molecule has 1 aromatic rings. The lowest BCUT2D eigenvalue weighted by Crippen LogP contribution is -2.58. The number of nitrogens with zero attached hydrogens (tertiary/aromatic N) is 2. The van der Waals surface area contributed by atoms with Gasteiger partial charge in [0.2, 0.25) is 0 Å². The van der Waals surface area contributed by atoms with Crippen molar-refractivity contribution in [3.8, 4) is 0 Å². The number of amides is 1. The van der Waals surface area contributed by atoms with E-state index in [9.17, 15) is 9.90 Å². The Kier molecular flexibility index (Phi) is 3.78. The van der Waals surface area contributed by atoms with Gasteiger partial charge in [0.15, 0.2) is 12.4 Å². The first-order valence-corrected chi connectivity index (χ1v) is 10.1. The average molecular weight is 357 g/mol. The average Bonchev–Trinajstić information content (AvgIpc) is 3.07. The summed E-state index contributed by atoms with van der Waals surface area (Å²) in [5.74, 6) is 1.77. The number of rotatable bonds is 2. The van der Waals surface area contributed by atoms with Crippen LogP contribution >= 0.6 is 0 Å². The van der Waals surface area contributed by atoms with Gasteiger partial charge in [-0.05, 0) is 61.8 Å². The minimum atomic E-state index is -0.471. The molecule has 0 spiro atoms. The summed E-state index contributed by atoms with van der Waals surface area (Å²) in [6, 6.07) is 4.30. The first-order valence-electron chi connectivity index (χ1n) is 10.1. The van der Waals surface area contributed by atoms with Crippen LogP contribution in [0.4, 0.5) is 4.79 Å². The summed E-state index contributed by atoms with van der Waals surface area (Å²) in [6.45, 7) is 1.53. The van der Waals surface area contributed by atoms with Crippen molar-refractivity contribution in [3.63, 3.8) is 0 Å². The molecular formula is C21H29N2O3+. The van der Waals surface area contributed by atoms with Gasteiger partial charge in [0.25, 0.3) is 0 Å². The molecule has 5 nitrogen and oxygen atoms in total. The van der Waals surface area contributed by atoms with E-state index in [4.69, 9.17) is 4.74 Å². The number of hydrogen-bond acceptors (Lipinski definition) is 3. The van der Waals surface area contributed by atoms with Crippen LogP contribution in [0, 0.1) is 17.8 Å². The molecule has 6 rings (SSSR count). The third-order valence-corrected chi connectivity index (χ3v) is 7.31. The number of ether oxygens (including phenoxy) is 1. The van der Waals surface area contributed by atoms with E-state index in [2.05, 4.69) is 24.5 Å². The lowest BCUT2D eigenvalue weighted by molar-refractivity contribution is -0.671. The number of aromatic nitrogens is 1. The number of aliphatic hydroxyl groups is 1. The summed E-state index contributed by atoms with van der Waals surface area (Å²) in [6.07, 6.45) is 9.87. The van der Waals surface area contributed by atoms with Crippen molar-refractivity contribution in [2.24, 2.45) is 24.8 Å². The summed E-state index contributed by atoms with van der Waals surface area (Å²) in [5, 5.41) is 10.7. The van der Waals surface area contributed by atoms with Crippen molar-refractivity contribution in [1.29, 1.82) is 0 Å². The van der Waals surface area contributed by atoms with E-state index in [1.54, 1.807) is 0 Å². The smallest absolute Gasteiger partial charge is 0.410 e. The fourth-order valence-corrected chi connectivity index (χ4v) is 6.30. The summed E-state index contributed by atoms with van der Waals surface area (Å²) in [5.41, 5.74) is 0.831. The van der Waals surface area contributed by atoms with Crippen molar-refractivity contribution in [2.75, 3.05) is 13.1 Å². The molecule has 4 bridgehead atoms. The van der Waals surface area contributed by atoms with Gasteiger partial charge in [-0.15, -0.1) is 0 Å². The van der Waals surface area contributed by atoms with Crippen LogP contribution in [0.15, 0.2) is 24.5 Å². The molecule has 26 heavy (non-hydrogen) atoms. The second kappa shape index (κ2) is 5.95. The topological polar surface area (TPSA) is 53.7 Å². The zero-order valence-electron chi connectivity index (χ0n) is 15.5. The van der Waals surface area contributed by atoms with Gasteiger partial charge in [0.05, 0.1) is 5.60 Å². The molecule has 2 heterocycles. The number of carbonyl (C=O) groups excluding carboxylic acids is 1. The van der Waals surface area contributed by atoms with Crippen molar-refractivity contribution < 1.29 is 19.2 Å². The van der Waals surface area contributed by atoms with Gasteiger partial charge in [0, 0.05) is 31.1 Å². The van der Waals surface area contributed by atoms with Crippen molar-refractivity contribution in [1.82, 2.24) is 4.90 Å². The van der Waals surface area contributed by atoms with Crippen molar-refractivity contribution in [3.05, 3.63) is 30.1 Å². The molecule has 1 amide bonds. The number of hydrogen-bond donors (Lipinski definition) is 1. The Hall–Kier alpha value is -1.62. The summed E-state index contributed by atoms with van der Waals surface area (Å²) in [4.78, 5) is 14.7. The number of pyridine rings is 1. The van der Waals surface area contributed by atoms with Crippen LogP contribution in [-0.2, 0) is 11.8 Å². The van der Waals surface area contributed by atoms with Crippen LogP contribution in [0.5, 0.6) is 0 Å². The zero-order chi connectivity index (χ0) is 17.9. The van der Waals surface area contributed by atoms with Crippen LogP contribution in [0.2, 0.25) is 0 Å². The first-order chi connectivity index (χ1) is 12.5. The molecule has 1 saturated heterocycles. The van der Waals surface area contributed by atoms with E-state index in [0.29, 0.717) is 23.7 Å². The predicted molar refractivity (Wildman–Crippen MR) is 95.3 cm³/mol. The molecule has 140 valence electrons. The molecule has 5 heteroatoms. The lowest BCUT2D eigenvalue weighted by Gasteiger charge is -2.57. The van der Waals surface area contributed by atoms with Crippen LogP contribution in [0.1, 0.15) is 50.0 Å². The Morgan fingerprint density at radius 3 is 2.58 bits per heavy atom. The Morgan fingerprint density at radius 1 is 1.23 bits per heavy atom. The molecule has 5 fully saturated rings. The Morgan fingerprint density at radius 2 is 1.92 bits per heavy atom. The van der Waals surface area contributed by atoms with Gasteiger partial charge in [-0.2, -0.15) is 0 Å². The monoisotopic (exact) mass is 357 g/mol. The van der Waals surface area contributed by atoms with Gasteiger partial charge in [-0.3, -0.25) is 0 Å². The minimum Gasteiger partial charge on any atom is -0.446 e. The maximum absolute atomic E-state index is 12.8. The number of carbonyl (C=O) groups is 1. The maximum atomic E-state index is 12.8. The Bertz CT molecular complexity index is 688. The van der Waals surface area contributed by atoms with Gasteiger partial charge < -0.3 is 14.7 Å². The first kappa shape index (κ1) is 16.5. The van der Waals surface area contributed by atoms with E-state index in [-0.39, 0.29) is 12.2 Å². The SMILES string of the molecule is C[n+]1ccc(C2CCN(C(=O)OC3C4CC5CC3CC(O)(C5)C4)C2)cc1. The molecule has 4 aliphatic carbocycles. The quantitative estimate of drug-likeness (QED) is 0.827. The minimum absolute atomic E-state index is 0.0224. The maximum Gasteiger partial charge on any atom is 0.410 e. The van der Waals surface area contributed by atoms with Gasteiger partial charge in [-0.25, -0.2) is 9.36 Å². The molecule has 4 saturated carbocycles. The van der Waals surface area contributed by atoms with Crippen LogP contribution in [0.3, 0.4) is 0 Å². The predicted octanol–water partition coefficient (Wildman–Crippen LogP) is 2.38. The Labute approximate surface area is 155 Å². The van der Waals surface area contributed by atoms with Crippen LogP contribution in [0.25, 0.3) is 0 Å². The largest absolute Gasteiger partial charge is 0.446 e. The second-order valence-corrected chi connectivity index (χ2v) is 9.27. The Balaban J connectivity index is 1.22. The van der Waals surface area contributed by atoms with Crippen molar-refractivity contribution in [2.45, 2.75) is 56.1 Å². The molecule has 3 unspecified atom stereocenters. The van der Waals surface area contributed by atoms with E-state index >= 15 is 0 Å². The highest BCUT2D eigenvalue weighted by Gasteiger charge is 2.56. The fourth-order valence-electron chi connectivity index (χ4n) is 6.30. The third kappa shape index (κ3) is 2.81. The summed E-state index contributed by atoms with van der Waals surface area (Å²) >= 11 is 0. The van der Waals surface area contributed by atoms with E-state index in [0.717, 1.165) is 51.6 Å². The van der Waals surface area contributed by atoms with Crippen molar-refractivity contribution >= 4 is 6.09 Å². The number of aryl methyl sites for hydroxylation is 1. The van der Waals surface area contributed by atoms with Gasteiger partial charge >= 0.3 is 6.09 Å². The molecule has 3 atom stereocenters.